The van der Waals surface area contributed by atoms with Crippen molar-refractivity contribution in [3.05, 3.63) is 107 Å². The highest BCUT2D eigenvalue weighted by Gasteiger charge is 2.23. The largest absolute Gasteiger partial charge is 0.444 e. The van der Waals surface area contributed by atoms with Crippen molar-refractivity contribution in [2.24, 2.45) is 0 Å². The molecule has 0 saturated carbocycles. The Labute approximate surface area is 254 Å². The lowest BCUT2D eigenvalue weighted by atomic mass is 10.0. The van der Waals surface area contributed by atoms with Crippen molar-refractivity contribution in [2.45, 2.75) is 58.7 Å². The standard InChI is InChI=1S/C34H40ClN3O4/c1-34(2,3)42-33(40)37(22-11-16-32(39)36-41-25-26-12-5-4-6-13-26)21-9-10-23-38-30-15-8-7-14-27(30)17-18-28-19-20-29(35)24-31(28)38/h4-8,11-16,19-20,24H,9-10,17-18,21-23,25H2,1-3H3,(H,36,39)/b16-11+. The maximum Gasteiger partial charge on any atom is 0.410 e. The van der Waals surface area contributed by atoms with Gasteiger partial charge in [0.05, 0.1) is 6.61 Å². The van der Waals surface area contributed by atoms with Gasteiger partial charge in [0.25, 0.3) is 5.91 Å². The molecular weight excluding hydrogens is 550 g/mol. The van der Waals surface area contributed by atoms with E-state index < -0.39 is 17.6 Å². The fraction of sp³-hybridized carbons (Fsp3) is 0.353. The number of carbonyl (C=O) groups excluding carboxylic acids is 2. The first-order valence-electron chi connectivity index (χ1n) is 14.4. The molecule has 0 fully saturated rings. The summed E-state index contributed by atoms with van der Waals surface area (Å²) in [5.74, 6) is -0.396. The van der Waals surface area contributed by atoms with Gasteiger partial charge in [-0.05, 0) is 81.3 Å². The van der Waals surface area contributed by atoms with Crippen LogP contribution in [0.5, 0.6) is 0 Å². The van der Waals surface area contributed by atoms with Crippen LogP contribution in [0.4, 0.5) is 16.2 Å². The number of halogens is 1. The van der Waals surface area contributed by atoms with Crippen molar-refractivity contribution in [3.8, 4) is 0 Å². The molecule has 3 aromatic rings. The van der Waals surface area contributed by atoms with E-state index in [1.54, 1.807) is 11.0 Å². The summed E-state index contributed by atoms with van der Waals surface area (Å²) in [6, 6.07) is 24.2. The van der Waals surface area contributed by atoms with Crippen LogP contribution in [-0.4, -0.2) is 42.1 Å². The van der Waals surface area contributed by atoms with E-state index in [-0.39, 0.29) is 13.2 Å². The van der Waals surface area contributed by atoms with Crippen molar-refractivity contribution in [1.29, 1.82) is 0 Å². The number of nitrogens with one attached hydrogen (secondary N) is 1. The summed E-state index contributed by atoms with van der Waals surface area (Å²) in [7, 11) is 0. The third-order valence-corrected chi connectivity index (χ3v) is 7.08. The monoisotopic (exact) mass is 589 g/mol. The molecule has 0 radical (unpaired) electrons. The zero-order valence-electron chi connectivity index (χ0n) is 24.6. The minimum absolute atomic E-state index is 0.242. The maximum absolute atomic E-state index is 13.0. The SMILES string of the molecule is CC(C)(C)OC(=O)N(C/C=C/C(=O)NOCc1ccccc1)CCCCN1c2ccccc2CCc2ccc(Cl)cc21. The molecule has 0 bridgehead atoms. The van der Waals surface area contributed by atoms with E-state index in [4.69, 9.17) is 21.2 Å². The second-order valence-corrected chi connectivity index (χ2v) is 11.8. The smallest absolute Gasteiger partial charge is 0.410 e. The van der Waals surface area contributed by atoms with E-state index in [1.165, 1.54) is 22.9 Å². The number of hydrogen-bond acceptors (Lipinski definition) is 5. The van der Waals surface area contributed by atoms with Gasteiger partial charge >= 0.3 is 6.09 Å². The molecule has 0 unspecified atom stereocenters. The summed E-state index contributed by atoms with van der Waals surface area (Å²) in [6.07, 6.45) is 6.15. The summed E-state index contributed by atoms with van der Waals surface area (Å²) in [5.41, 5.74) is 7.67. The molecule has 7 nitrogen and oxygen atoms in total. The van der Waals surface area contributed by atoms with Gasteiger partial charge in [-0.2, -0.15) is 0 Å². The zero-order chi connectivity index (χ0) is 30.0. The van der Waals surface area contributed by atoms with Crippen molar-refractivity contribution in [1.82, 2.24) is 10.4 Å². The van der Waals surface area contributed by atoms with Crippen LogP contribution in [0.15, 0.2) is 84.9 Å². The number of carbonyl (C=O) groups is 2. The van der Waals surface area contributed by atoms with Crippen molar-refractivity contribution < 1.29 is 19.2 Å². The maximum atomic E-state index is 13.0. The molecular formula is C34H40ClN3O4. The van der Waals surface area contributed by atoms with Crippen LogP contribution >= 0.6 is 11.6 Å². The predicted molar refractivity (Wildman–Crippen MR) is 168 cm³/mol. The summed E-state index contributed by atoms with van der Waals surface area (Å²) in [4.78, 5) is 34.5. The Morgan fingerprint density at radius 2 is 1.67 bits per heavy atom. The highest BCUT2D eigenvalue weighted by Crippen LogP contribution is 2.37. The summed E-state index contributed by atoms with van der Waals surface area (Å²) in [6.45, 7) is 7.31. The van der Waals surface area contributed by atoms with Gasteiger partial charge in [0, 0.05) is 42.1 Å². The quantitative estimate of drug-likeness (QED) is 0.143. The van der Waals surface area contributed by atoms with E-state index in [1.807, 2.05) is 63.2 Å². The minimum atomic E-state index is -0.625. The number of anilines is 2. The van der Waals surface area contributed by atoms with Crippen LogP contribution in [0, 0.1) is 0 Å². The molecule has 0 aromatic heterocycles. The van der Waals surface area contributed by atoms with Gasteiger partial charge < -0.3 is 14.5 Å². The van der Waals surface area contributed by atoms with Crippen LogP contribution in [-0.2, 0) is 33.8 Å². The normalized spacial score (nSPS) is 12.8. The molecule has 3 aromatic carbocycles. The number of fused-ring (bicyclic) bond motifs is 2. The van der Waals surface area contributed by atoms with E-state index >= 15 is 0 Å². The Bertz CT molecular complexity index is 1370. The first kappa shape index (κ1) is 31.1. The number of ether oxygens (including phenoxy) is 1. The molecule has 0 atom stereocenters. The average molecular weight is 590 g/mol. The molecule has 8 heteroatoms. The highest BCUT2D eigenvalue weighted by atomic mass is 35.5. The van der Waals surface area contributed by atoms with Crippen molar-refractivity contribution in [3.63, 3.8) is 0 Å². The molecule has 0 aliphatic carbocycles. The van der Waals surface area contributed by atoms with Gasteiger partial charge in [-0.3, -0.25) is 9.63 Å². The van der Waals surface area contributed by atoms with Gasteiger partial charge in [0.2, 0.25) is 0 Å². The van der Waals surface area contributed by atoms with Crippen molar-refractivity contribution in [2.75, 3.05) is 24.5 Å². The summed E-state index contributed by atoms with van der Waals surface area (Å²) in [5, 5.41) is 0.718. The summed E-state index contributed by atoms with van der Waals surface area (Å²) < 4.78 is 5.64. The number of amides is 2. The average Bonchev–Trinajstić information content (AvgIpc) is 3.10. The lowest BCUT2D eigenvalue weighted by Gasteiger charge is -2.29. The Morgan fingerprint density at radius 1 is 0.952 bits per heavy atom. The molecule has 2 amide bonds. The van der Waals surface area contributed by atoms with E-state index in [9.17, 15) is 9.59 Å². The molecule has 1 N–H and O–H groups in total. The lowest BCUT2D eigenvalue weighted by molar-refractivity contribution is -0.129. The second-order valence-electron chi connectivity index (χ2n) is 11.3. The first-order valence-corrected chi connectivity index (χ1v) is 14.8. The topological polar surface area (TPSA) is 71.1 Å². The van der Waals surface area contributed by atoms with Gasteiger partial charge in [0.15, 0.2) is 0 Å². The van der Waals surface area contributed by atoms with Gasteiger partial charge in [0.1, 0.15) is 5.60 Å². The molecule has 222 valence electrons. The number of rotatable bonds is 11. The third-order valence-electron chi connectivity index (χ3n) is 6.85. The number of para-hydroxylation sites is 1. The number of hydroxylamine groups is 1. The molecule has 1 aliphatic rings. The first-order chi connectivity index (χ1) is 20.2. The molecule has 0 spiro atoms. The molecule has 0 saturated heterocycles. The van der Waals surface area contributed by atoms with Crippen LogP contribution in [0.2, 0.25) is 5.02 Å². The van der Waals surface area contributed by atoms with Crippen molar-refractivity contribution >= 4 is 35.0 Å². The number of nitrogens with zero attached hydrogens (tertiary/aromatic N) is 2. The Morgan fingerprint density at radius 3 is 2.43 bits per heavy atom. The Balaban J connectivity index is 1.35. The third kappa shape index (κ3) is 9.36. The molecule has 1 heterocycles. The minimum Gasteiger partial charge on any atom is -0.444 e. The summed E-state index contributed by atoms with van der Waals surface area (Å²) >= 11 is 6.41. The number of hydrogen-bond donors (Lipinski definition) is 1. The molecule has 42 heavy (non-hydrogen) atoms. The van der Waals surface area contributed by atoms with Crippen LogP contribution in [0.25, 0.3) is 0 Å². The second kappa shape index (κ2) is 14.9. The van der Waals surface area contributed by atoms with Gasteiger partial charge in [-0.15, -0.1) is 0 Å². The fourth-order valence-electron chi connectivity index (χ4n) is 4.87. The van der Waals surface area contributed by atoms with Crippen LogP contribution in [0.3, 0.4) is 0 Å². The molecule has 1 aliphatic heterocycles. The van der Waals surface area contributed by atoms with Crippen LogP contribution < -0.4 is 10.4 Å². The number of benzene rings is 3. The van der Waals surface area contributed by atoms with Gasteiger partial charge in [-0.1, -0.05) is 72.3 Å². The highest BCUT2D eigenvalue weighted by molar-refractivity contribution is 6.30. The Kier molecular flexibility index (Phi) is 11.0. The van der Waals surface area contributed by atoms with E-state index in [0.29, 0.717) is 6.54 Å². The molecule has 4 rings (SSSR count). The lowest BCUT2D eigenvalue weighted by Crippen LogP contribution is -2.38. The fourth-order valence-corrected chi connectivity index (χ4v) is 5.03. The predicted octanol–water partition coefficient (Wildman–Crippen LogP) is 7.40. The Hall–Kier alpha value is -3.81. The van der Waals surface area contributed by atoms with E-state index in [0.717, 1.165) is 48.5 Å². The number of aryl methyl sites for hydroxylation is 2. The zero-order valence-corrected chi connectivity index (χ0v) is 25.4. The van der Waals surface area contributed by atoms with Gasteiger partial charge in [-0.25, -0.2) is 10.3 Å². The number of unbranched alkanes of at least 4 members (excludes halogenated alkanes) is 1. The van der Waals surface area contributed by atoms with Crippen LogP contribution in [0.1, 0.15) is 50.3 Å². The van der Waals surface area contributed by atoms with E-state index in [2.05, 4.69) is 40.7 Å².